The van der Waals surface area contributed by atoms with Crippen molar-refractivity contribution in [2.24, 2.45) is 0 Å². The minimum Gasteiger partial charge on any atom is -0.394 e. The Bertz CT molecular complexity index is 789. The first-order valence-electron chi connectivity index (χ1n) is 7.94. The fourth-order valence-electron chi connectivity index (χ4n) is 3.00. The van der Waals surface area contributed by atoms with E-state index >= 15 is 0 Å². The van der Waals surface area contributed by atoms with Crippen molar-refractivity contribution in [3.05, 3.63) is 22.9 Å². The highest BCUT2D eigenvalue weighted by Gasteiger charge is 2.26. The van der Waals surface area contributed by atoms with E-state index in [-0.39, 0.29) is 43.4 Å². The van der Waals surface area contributed by atoms with Crippen molar-refractivity contribution in [2.75, 3.05) is 19.7 Å². The third kappa shape index (κ3) is 3.17. The SMILES string of the molecule is CC1CN(C(=O)Cn2cnc3c(cnn3CCO)c2=O)CC(C)O1. The second-order valence-corrected chi connectivity index (χ2v) is 6.06. The molecule has 1 aliphatic heterocycles. The number of aliphatic hydroxyl groups excluding tert-OH is 1. The smallest absolute Gasteiger partial charge is 0.264 e. The molecule has 1 fully saturated rings. The minimum absolute atomic E-state index is 0.0215. The normalized spacial score (nSPS) is 21.4. The van der Waals surface area contributed by atoms with E-state index in [2.05, 4.69) is 10.1 Å². The topological polar surface area (TPSA) is 102 Å². The summed E-state index contributed by atoms with van der Waals surface area (Å²) in [6.45, 7) is 4.99. The van der Waals surface area contributed by atoms with Crippen LogP contribution in [0.1, 0.15) is 13.8 Å². The van der Waals surface area contributed by atoms with Crippen molar-refractivity contribution >= 4 is 16.9 Å². The Morgan fingerprint density at radius 2 is 2.08 bits per heavy atom. The average Bonchev–Trinajstić information content (AvgIpc) is 2.93. The highest BCUT2D eigenvalue weighted by atomic mass is 16.5. The summed E-state index contributed by atoms with van der Waals surface area (Å²) in [5, 5.41) is 13.4. The van der Waals surface area contributed by atoms with Crippen LogP contribution < -0.4 is 5.56 Å². The number of rotatable bonds is 4. The summed E-state index contributed by atoms with van der Waals surface area (Å²) in [5.74, 6) is -0.136. The Balaban J connectivity index is 1.81. The molecule has 3 rings (SSSR count). The van der Waals surface area contributed by atoms with Gasteiger partial charge in [0.05, 0.1) is 31.6 Å². The molecule has 2 aromatic heterocycles. The fraction of sp³-hybridized carbons (Fsp3) is 0.600. The van der Waals surface area contributed by atoms with Gasteiger partial charge in [-0.3, -0.25) is 14.2 Å². The number of ether oxygens (including phenoxy) is 1. The van der Waals surface area contributed by atoms with Crippen molar-refractivity contribution in [1.82, 2.24) is 24.2 Å². The van der Waals surface area contributed by atoms with Crippen LogP contribution >= 0.6 is 0 Å². The van der Waals surface area contributed by atoms with Gasteiger partial charge in [0.1, 0.15) is 18.3 Å². The van der Waals surface area contributed by atoms with Crippen LogP contribution in [0.3, 0.4) is 0 Å². The number of aliphatic hydroxyl groups is 1. The van der Waals surface area contributed by atoms with Gasteiger partial charge in [0.15, 0.2) is 5.65 Å². The molecule has 9 heteroatoms. The molecule has 2 atom stereocenters. The molecule has 130 valence electrons. The molecule has 2 unspecified atom stereocenters. The third-order valence-electron chi connectivity index (χ3n) is 4.01. The van der Waals surface area contributed by atoms with E-state index < -0.39 is 0 Å². The standard InChI is InChI=1S/C15H21N5O4/c1-10-6-18(7-11(2)24-10)13(22)8-19-9-16-14-12(15(19)23)5-17-20(14)3-4-21/h5,9-11,21H,3-4,6-8H2,1-2H3. The van der Waals surface area contributed by atoms with E-state index in [4.69, 9.17) is 9.84 Å². The van der Waals surface area contributed by atoms with Crippen LogP contribution in [0.2, 0.25) is 0 Å². The van der Waals surface area contributed by atoms with Crippen LogP contribution in [0.5, 0.6) is 0 Å². The number of hydrogen-bond donors (Lipinski definition) is 1. The Labute approximate surface area is 138 Å². The van der Waals surface area contributed by atoms with E-state index in [0.29, 0.717) is 24.1 Å². The summed E-state index contributed by atoms with van der Waals surface area (Å²) in [4.78, 5) is 30.9. The maximum atomic E-state index is 12.5. The van der Waals surface area contributed by atoms with Crippen molar-refractivity contribution in [2.45, 2.75) is 39.1 Å². The summed E-state index contributed by atoms with van der Waals surface area (Å²) in [5.41, 5.74) is 0.0956. The summed E-state index contributed by atoms with van der Waals surface area (Å²) in [6, 6.07) is 0. The van der Waals surface area contributed by atoms with E-state index in [0.717, 1.165) is 0 Å². The third-order valence-corrected chi connectivity index (χ3v) is 4.01. The number of aromatic nitrogens is 4. The molecule has 0 aromatic carbocycles. The molecule has 1 saturated heterocycles. The van der Waals surface area contributed by atoms with Crippen molar-refractivity contribution in [1.29, 1.82) is 0 Å². The molecule has 1 N–H and O–H groups in total. The maximum Gasteiger partial charge on any atom is 0.264 e. The fourth-order valence-corrected chi connectivity index (χ4v) is 3.00. The molecular formula is C15H21N5O4. The van der Waals surface area contributed by atoms with Crippen LogP contribution in [0.4, 0.5) is 0 Å². The monoisotopic (exact) mass is 335 g/mol. The molecule has 0 spiro atoms. The largest absolute Gasteiger partial charge is 0.394 e. The average molecular weight is 335 g/mol. The van der Waals surface area contributed by atoms with Crippen LogP contribution in [-0.2, 0) is 22.6 Å². The summed E-state index contributed by atoms with van der Waals surface area (Å²) in [7, 11) is 0. The number of carbonyl (C=O) groups excluding carboxylic acids is 1. The summed E-state index contributed by atoms with van der Waals surface area (Å²) in [6.07, 6.45) is 2.73. The predicted octanol–water partition coefficient (Wildman–Crippen LogP) is -0.779. The first-order chi connectivity index (χ1) is 11.5. The Morgan fingerprint density at radius 1 is 1.38 bits per heavy atom. The molecule has 0 saturated carbocycles. The number of carbonyl (C=O) groups is 1. The quantitative estimate of drug-likeness (QED) is 0.786. The van der Waals surface area contributed by atoms with E-state index in [9.17, 15) is 9.59 Å². The van der Waals surface area contributed by atoms with Gasteiger partial charge in [0.2, 0.25) is 5.91 Å². The molecule has 9 nitrogen and oxygen atoms in total. The Kier molecular flexibility index (Phi) is 4.63. The lowest BCUT2D eigenvalue weighted by Gasteiger charge is -2.35. The lowest BCUT2D eigenvalue weighted by molar-refractivity contribution is -0.143. The second kappa shape index (κ2) is 6.70. The Morgan fingerprint density at radius 3 is 2.75 bits per heavy atom. The van der Waals surface area contributed by atoms with Gasteiger partial charge in [-0.1, -0.05) is 0 Å². The number of amides is 1. The molecule has 1 amide bonds. The van der Waals surface area contributed by atoms with Gasteiger partial charge in [-0.05, 0) is 13.8 Å². The number of hydrogen-bond acceptors (Lipinski definition) is 6. The molecule has 0 radical (unpaired) electrons. The summed E-state index contributed by atoms with van der Waals surface area (Å²) < 4.78 is 8.38. The van der Waals surface area contributed by atoms with Crippen LogP contribution in [0.15, 0.2) is 17.3 Å². The van der Waals surface area contributed by atoms with Crippen molar-refractivity contribution < 1.29 is 14.6 Å². The molecule has 0 bridgehead atoms. The molecule has 2 aromatic rings. The van der Waals surface area contributed by atoms with Crippen molar-refractivity contribution in [3.63, 3.8) is 0 Å². The van der Waals surface area contributed by atoms with Gasteiger partial charge in [-0.25, -0.2) is 9.67 Å². The van der Waals surface area contributed by atoms with Crippen molar-refractivity contribution in [3.8, 4) is 0 Å². The first-order valence-corrected chi connectivity index (χ1v) is 7.94. The maximum absolute atomic E-state index is 12.5. The zero-order valence-electron chi connectivity index (χ0n) is 13.8. The minimum atomic E-state index is -0.313. The molecule has 3 heterocycles. The van der Waals surface area contributed by atoms with Crippen LogP contribution in [0, 0.1) is 0 Å². The van der Waals surface area contributed by atoms with Crippen LogP contribution in [-0.4, -0.2) is 67.1 Å². The van der Waals surface area contributed by atoms with Gasteiger partial charge in [-0.2, -0.15) is 5.10 Å². The Hall–Kier alpha value is -2.26. The van der Waals surface area contributed by atoms with E-state index in [1.165, 1.54) is 21.8 Å². The van der Waals surface area contributed by atoms with Gasteiger partial charge >= 0.3 is 0 Å². The van der Waals surface area contributed by atoms with E-state index in [1.54, 1.807) is 4.90 Å². The predicted molar refractivity (Wildman–Crippen MR) is 85.5 cm³/mol. The zero-order valence-corrected chi connectivity index (χ0v) is 13.8. The first kappa shape index (κ1) is 16.6. The number of fused-ring (bicyclic) bond motifs is 1. The van der Waals surface area contributed by atoms with Gasteiger partial charge in [0, 0.05) is 13.1 Å². The van der Waals surface area contributed by atoms with Gasteiger partial charge in [0.25, 0.3) is 5.56 Å². The zero-order chi connectivity index (χ0) is 17.3. The van der Waals surface area contributed by atoms with Gasteiger partial charge < -0.3 is 14.7 Å². The lowest BCUT2D eigenvalue weighted by Crippen LogP contribution is -2.49. The number of nitrogens with zero attached hydrogens (tertiary/aromatic N) is 5. The lowest BCUT2D eigenvalue weighted by atomic mass is 10.2. The van der Waals surface area contributed by atoms with Crippen LogP contribution in [0.25, 0.3) is 11.0 Å². The summed E-state index contributed by atoms with van der Waals surface area (Å²) >= 11 is 0. The van der Waals surface area contributed by atoms with Gasteiger partial charge in [-0.15, -0.1) is 0 Å². The molecule has 1 aliphatic rings. The molecular weight excluding hydrogens is 314 g/mol. The van der Waals surface area contributed by atoms with E-state index in [1.807, 2.05) is 13.8 Å². The second-order valence-electron chi connectivity index (χ2n) is 6.06. The molecule has 24 heavy (non-hydrogen) atoms. The highest BCUT2D eigenvalue weighted by molar-refractivity contribution is 5.77. The highest BCUT2D eigenvalue weighted by Crippen LogP contribution is 2.11. The molecule has 0 aliphatic carbocycles. The number of morpholine rings is 1.